The molecule has 3 heteroatoms. The van der Waals surface area contributed by atoms with E-state index in [1.807, 2.05) is 18.9 Å². The fraction of sp³-hybridized carbons (Fsp3) is 0.867. The van der Waals surface area contributed by atoms with Crippen LogP contribution in [0.5, 0.6) is 0 Å². The molecular weight excluding hydrogens is 226 g/mol. The van der Waals surface area contributed by atoms with Crippen molar-refractivity contribution in [2.75, 3.05) is 13.6 Å². The first kappa shape index (κ1) is 17.1. The molecule has 0 saturated heterocycles. The van der Waals surface area contributed by atoms with Crippen molar-refractivity contribution in [2.24, 2.45) is 5.92 Å². The van der Waals surface area contributed by atoms with Gasteiger partial charge in [0.15, 0.2) is 0 Å². The van der Waals surface area contributed by atoms with E-state index < -0.39 is 0 Å². The Balaban J connectivity index is 3.48. The Morgan fingerprint density at radius 3 is 2.06 bits per heavy atom. The summed E-state index contributed by atoms with van der Waals surface area (Å²) >= 11 is 0. The molecule has 0 rings (SSSR count). The van der Waals surface area contributed by atoms with Gasteiger partial charge in [-0.3, -0.25) is 9.59 Å². The van der Waals surface area contributed by atoms with Gasteiger partial charge in [0.25, 0.3) is 0 Å². The maximum atomic E-state index is 11.7. The molecule has 106 valence electrons. The third-order valence-electron chi connectivity index (χ3n) is 3.06. The lowest BCUT2D eigenvalue weighted by Gasteiger charge is -2.19. The van der Waals surface area contributed by atoms with Crippen molar-refractivity contribution in [3.8, 4) is 0 Å². The van der Waals surface area contributed by atoms with E-state index in [0.717, 1.165) is 32.2 Å². The first-order chi connectivity index (χ1) is 8.47. The molecule has 0 radical (unpaired) electrons. The van der Waals surface area contributed by atoms with Gasteiger partial charge in [0, 0.05) is 32.9 Å². The number of hydrogen-bond acceptors (Lipinski definition) is 2. The van der Waals surface area contributed by atoms with E-state index >= 15 is 0 Å². The lowest BCUT2D eigenvalue weighted by atomic mass is 10.1. The maximum absolute atomic E-state index is 11.7. The van der Waals surface area contributed by atoms with Crippen LogP contribution in [-0.2, 0) is 9.59 Å². The summed E-state index contributed by atoms with van der Waals surface area (Å²) in [6, 6.07) is 0. The smallest absolute Gasteiger partial charge is 0.222 e. The van der Waals surface area contributed by atoms with E-state index in [0.29, 0.717) is 31.0 Å². The number of nitrogens with zero attached hydrogens (tertiary/aromatic N) is 1. The Morgan fingerprint density at radius 2 is 1.56 bits per heavy atom. The van der Waals surface area contributed by atoms with Crippen molar-refractivity contribution in [3.63, 3.8) is 0 Å². The standard InChI is InChI=1S/C15H29NO2/c1-5-14(17)10-8-6-7-9-11-15(18)16(4)12-13(2)3/h13H,5-12H2,1-4H3. The largest absolute Gasteiger partial charge is 0.346 e. The molecule has 0 spiro atoms. The van der Waals surface area contributed by atoms with Gasteiger partial charge in [-0.15, -0.1) is 0 Å². The highest BCUT2D eigenvalue weighted by atomic mass is 16.2. The summed E-state index contributed by atoms with van der Waals surface area (Å²) in [4.78, 5) is 24.6. The fourth-order valence-electron chi connectivity index (χ4n) is 1.97. The van der Waals surface area contributed by atoms with Crippen LogP contribution in [0, 0.1) is 5.92 Å². The van der Waals surface area contributed by atoms with Crippen LogP contribution >= 0.6 is 0 Å². The Labute approximate surface area is 112 Å². The second-order valence-corrected chi connectivity index (χ2v) is 5.47. The van der Waals surface area contributed by atoms with Crippen molar-refractivity contribution in [2.45, 2.75) is 65.7 Å². The molecule has 0 N–H and O–H groups in total. The normalized spacial score (nSPS) is 10.7. The predicted octanol–water partition coefficient (Wildman–Crippen LogP) is 3.42. The van der Waals surface area contributed by atoms with Gasteiger partial charge in [0.1, 0.15) is 5.78 Å². The highest BCUT2D eigenvalue weighted by Crippen LogP contribution is 2.08. The van der Waals surface area contributed by atoms with Crippen LogP contribution in [0.1, 0.15) is 65.7 Å². The van der Waals surface area contributed by atoms with Crippen molar-refractivity contribution in [1.29, 1.82) is 0 Å². The van der Waals surface area contributed by atoms with E-state index in [-0.39, 0.29) is 5.91 Å². The molecule has 1 amide bonds. The summed E-state index contributed by atoms with van der Waals surface area (Å²) in [5, 5.41) is 0. The summed E-state index contributed by atoms with van der Waals surface area (Å²) in [7, 11) is 1.88. The number of unbranched alkanes of at least 4 members (excludes halogenated alkanes) is 3. The third kappa shape index (κ3) is 9.20. The summed E-state index contributed by atoms with van der Waals surface area (Å²) < 4.78 is 0. The summed E-state index contributed by atoms with van der Waals surface area (Å²) in [6.07, 6.45) is 6.04. The summed E-state index contributed by atoms with van der Waals surface area (Å²) in [5.41, 5.74) is 0. The molecule has 0 unspecified atom stereocenters. The van der Waals surface area contributed by atoms with Gasteiger partial charge in [-0.2, -0.15) is 0 Å². The fourth-order valence-corrected chi connectivity index (χ4v) is 1.97. The maximum Gasteiger partial charge on any atom is 0.222 e. The molecule has 18 heavy (non-hydrogen) atoms. The number of rotatable bonds is 10. The van der Waals surface area contributed by atoms with E-state index in [2.05, 4.69) is 13.8 Å². The minimum atomic E-state index is 0.244. The van der Waals surface area contributed by atoms with Crippen LogP contribution in [0.3, 0.4) is 0 Å². The van der Waals surface area contributed by atoms with E-state index in [1.54, 1.807) is 0 Å². The molecule has 0 aliphatic carbocycles. The molecule has 0 aromatic heterocycles. The van der Waals surface area contributed by atoms with Gasteiger partial charge >= 0.3 is 0 Å². The van der Waals surface area contributed by atoms with Crippen molar-refractivity contribution in [1.82, 2.24) is 4.90 Å². The summed E-state index contributed by atoms with van der Waals surface area (Å²) in [5.74, 6) is 1.12. The number of carbonyl (C=O) groups excluding carboxylic acids is 2. The minimum absolute atomic E-state index is 0.244. The Hall–Kier alpha value is -0.860. The van der Waals surface area contributed by atoms with Crippen LogP contribution < -0.4 is 0 Å². The second-order valence-electron chi connectivity index (χ2n) is 5.47. The topological polar surface area (TPSA) is 37.4 Å². The zero-order valence-electron chi connectivity index (χ0n) is 12.5. The Morgan fingerprint density at radius 1 is 1.00 bits per heavy atom. The zero-order valence-corrected chi connectivity index (χ0v) is 12.5. The molecular formula is C15H29NO2. The van der Waals surface area contributed by atoms with Gasteiger partial charge in [-0.1, -0.05) is 33.6 Å². The molecule has 3 nitrogen and oxygen atoms in total. The SMILES string of the molecule is CCC(=O)CCCCCCC(=O)N(C)CC(C)C. The predicted molar refractivity (Wildman–Crippen MR) is 75.5 cm³/mol. The molecule has 0 aliphatic rings. The van der Waals surface area contributed by atoms with Crippen LogP contribution in [0.25, 0.3) is 0 Å². The van der Waals surface area contributed by atoms with Gasteiger partial charge in [0.05, 0.1) is 0 Å². The Kier molecular flexibility index (Phi) is 9.62. The second kappa shape index (κ2) is 10.1. The van der Waals surface area contributed by atoms with Crippen molar-refractivity contribution >= 4 is 11.7 Å². The van der Waals surface area contributed by atoms with Crippen molar-refractivity contribution in [3.05, 3.63) is 0 Å². The lowest BCUT2D eigenvalue weighted by molar-refractivity contribution is -0.130. The molecule has 0 aromatic carbocycles. The van der Waals surface area contributed by atoms with Crippen LogP contribution in [0.2, 0.25) is 0 Å². The van der Waals surface area contributed by atoms with Crippen LogP contribution in [0.4, 0.5) is 0 Å². The minimum Gasteiger partial charge on any atom is -0.346 e. The molecule has 0 atom stereocenters. The molecule has 0 saturated carbocycles. The molecule has 0 fully saturated rings. The number of carbonyl (C=O) groups is 2. The molecule has 0 aliphatic heterocycles. The first-order valence-corrected chi connectivity index (χ1v) is 7.23. The average Bonchev–Trinajstić information content (AvgIpc) is 2.31. The average molecular weight is 255 g/mol. The first-order valence-electron chi connectivity index (χ1n) is 7.23. The van der Waals surface area contributed by atoms with E-state index in [9.17, 15) is 9.59 Å². The lowest BCUT2D eigenvalue weighted by Crippen LogP contribution is -2.29. The highest BCUT2D eigenvalue weighted by molar-refractivity contribution is 5.77. The number of amides is 1. The van der Waals surface area contributed by atoms with Crippen LogP contribution in [0.15, 0.2) is 0 Å². The monoisotopic (exact) mass is 255 g/mol. The van der Waals surface area contributed by atoms with Gasteiger partial charge < -0.3 is 4.90 Å². The van der Waals surface area contributed by atoms with Crippen molar-refractivity contribution < 1.29 is 9.59 Å². The summed E-state index contributed by atoms with van der Waals surface area (Å²) in [6.45, 7) is 6.98. The quantitative estimate of drug-likeness (QED) is 0.561. The van der Waals surface area contributed by atoms with Crippen LogP contribution in [-0.4, -0.2) is 30.2 Å². The van der Waals surface area contributed by atoms with E-state index in [4.69, 9.17) is 0 Å². The van der Waals surface area contributed by atoms with E-state index in [1.165, 1.54) is 0 Å². The number of ketones is 1. The highest BCUT2D eigenvalue weighted by Gasteiger charge is 2.09. The zero-order chi connectivity index (χ0) is 14.0. The Bertz CT molecular complexity index is 249. The third-order valence-corrected chi connectivity index (χ3v) is 3.06. The molecule has 0 bridgehead atoms. The molecule has 0 aromatic rings. The van der Waals surface area contributed by atoms with Gasteiger partial charge in [0.2, 0.25) is 5.91 Å². The van der Waals surface area contributed by atoms with Gasteiger partial charge in [-0.25, -0.2) is 0 Å². The van der Waals surface area contributed by atoms with Gasteiger partial charge in [-0.05, 0) is 18.8 Å². The number of Topliss-reactive ketones (excluding diaryl/α,β-unsaturated/α-hetero) is 1. The number of hydrogen-bond donors (Lipinski definition) is 0. The molecule has 0 heterocycles.